The minimum absolute atomic E-state index is 0.0281. The van der Waals surface area contributed by atoms with Crippen LogP contribution in [0.1, 0.15) is 34.6 Å². The lowest BCUT2D eigenvalue weighted by Crippen LogP contribution is -2.30. The summed E-state index contributed by atoms with van der Waals surface area (Å²) in [5.41, 5.74) is 9.66. The Hall–Kier alpha value is -4.00. The summed E-state index contributed by atoms with van der Waals surface area (Å²) in [7, 11) is 1.60. The maximum absolute atomic E-state index is 12.8. The number of anilines is 4. The van der Waals surface area contributed by atoms with Gasteiger partial charge in [-0.1, -0.05) is 6.07 Å². The van der Waals surface area contributed by atoms with Crippen molar-refractivity contribution in [1.82, 2.24) is 4.90 Å². The van der Waals surface area contributed by atoms with Gasteiger partial charge in [-0.3, -0.25) is 9.59 Å². The van der Waals surface area contributed by atoms with Crippen LogP contribution < -0.4 is 21.1 Å². The van der Waals surface area contributed by atoms with Crippen LogP contribution >= 0.6 is 0 Å². The maximum Gasteiger partial charge on any atom is 0.255 e. The number of nitrogen functional groups attached to an aromatic ring is 1. The summed E-state index contributed by atoms with van der Waals surface area (Å²) >= 11 is 0. The molecule has 0 aliphatic carbocycles. The number of carbonyl (C=O) groups excluding carboxylic acids is 2. The topological polar surface area (TPSA) is 96.7 Å². The molecular weight excluding hydrogens is 404 g/mol. The fraction of sp³-hybridized carbons (Fsp3) is 0.200. The number of nitrogens with zero attached hydrogens (tertiary/aromatic N) is 1. The van der Waals surface area contributed by atoms with Crippen molar-refractivity contribution in [2.75, 3.05) is 36.6 Å². The van der Waals surface area contributed by atoms with Crippen LogP contribution in [0.3, 0.4) is 0 Å². The van der Waals surface area contributed by atoms with Crippen molar-refractivity contribution in [3.05, 3.63) is 77.9 Å². The fourth-order valence-corrected chi connectivity index (χ4v) is 3.25. The summed E-state index contributed by atoms with van der Waals surface area (Å²) in [6.07, 6.45) is 0. The number of methoxy groups -OCH3 is 1. The molecule has 0 aliphatic heterocycles. The second-order valence-corrected chi connectivity index (χ2v) is 7.17. The van der Waals surface area contributed by atoms with Gasteiger partial charge in [0.1, 0.15) is 5.75 Å². The van der Waals surface area contributed by atoms with Gasteiger partial charge in [-0.05, 0) is 68.4 Å². The predicted octanol–water partition coefficient (Wildman–Crippen LogP) is 4.76. The van der Waals surface area contributed by atoms with Gasteiger partial charge in [0.15, 0.2) is 0 Å². The molecule has 0 atom stereocenters. The molecule has 0 saturated carbocycles. The van der Waals surface area contributed by atoms with E-state index in [0.29, 0.717) is 47.0 Å². The molecule has 7 nitrogen and oxygen atoms in total. The fourth-order valence-electron chi connectivity index (χ4n) is 3.25. The molecular formula is C25H28N4O3. The van der Waals surface area contributed by atoms with Crippen LogP contribution in [0, 0.1) is 0 Å². The second kappa shape index (κ2) is 10.3. The van der Waals surface area contributed by atoms with Crippen molar-refractivity contribution >= 4 is 34.6 Å². The number of ether oxygens (including phenoxy) is 1. The van der Waals surface area contributed by atoms with Gasteiger partial charge in [-0.2, -0.15) is 0 Å². The highest BCUT2D eigenvalue weighted by Crippen LogP contribution is 2.27. The summed E-state index contributed by atoms with van der Waals surface area (Å²) in [5.74, 6) is 0.409. The Morgan fingerprint density at radius 3 is 2.25 bits per heavy atom. The number of rotatable bonds is 8. The van der Waals surface area contributed by atoms with E-state index in [4.69, 9.17) is 10.5 Å². The van der Waals surface area contributed by atoms with Crippen molar-refractivity contribution in [2.45, 2.75) is 13.8 Å². The van der Waals surface area contributed by atoms with E-state index in [2.05, 4.69) is 10.6 Å². The third kappa shape index (κ3) is 5.37. The van der Waals surface area contributed by atoms with Crippen LogP contribution in [0.4, 0.5) is 22.7 Å². The monoisotopic (exact) mass is 432 g/mol. The Labute approximate surface area is 188 Å². The molecule has 4 N–H and O–H groups in total. The lowest BCUT2D eigenvalue weighted by Gasteiger charge is -2.18. The van der Waals surface area contributed by atoms with Crippen LogP contribution in [0.15, 0.2) is 66.7 Å². The Balaban J connectivity index is 1.72. The first-order valence-electron chi connectivity index (χ1n) is 10.5. The Morgan fingerprint density at radius 1 is 0.906 bits per heavy atom. The molecule has 0 spiro atoms. The maximum atomic E-state index is 12.8. The van der Waals surface area contributed by atoms with Gasteiger partial charge >= 0.3 is 0 Å². The van der Waals surface area contributed by atoms with E-state index in [1.807, 2.05) is 38.1 Å². The molecule has 32 heavy (non-hydrogen) atoms. The summed E-state index contributed by atoms with van der Waals surface area (Å²) in [6, 6.07) is 19.4. The van der Waals surface area contributed by atoms with Gasteiger partial charge in [0.05, 0.1) is 18.5 Å². The van der Waals surface area contributed by atoms with Crippen LogP contribution in [0.5, 0.6) is 5.75 Å². The zero-order valence-corrected chi connectivity index (χ0v) is 18.5. The average molecular weight is 433 g/mol. The number of nitrogens with two attached hydrogens (primary N) is 1. The number of benzene rings is 3. The molecule has 7 heteroatoms. The molecule has 3 rings (SSSR count). The lowest BCUT2D eigenvalue weighted by atomic mass is 10.1. The van der Waals surface area contributed by atoms with Crippen LogP contribution in [-0.2, 0) is 0 Å². The molecule has 0 fully saturated rings. The predicted molar refractivity (Wildman–Crippen MR) is 129 cm³/mol. The van der Waals surface area contributed by atoms with Gasteiger partial charge in [-0.15, -0.1) is 0 Å². The Bertz CT molecular complexity index is 1090. The molecule has 0 aliphatic rings. The SMILES string of the molecule is CCN(CC)C(=O)c1ccc(NC(=O)c2ccc(N)c(Nc3cccc(OC)c3)c2)cc1. The highest BCUT2D eigenvalue weighted by Gasteiger charge is 2.13. The number of amides is 2. The first-order chi connectivity index (χ1) is 15.4. The van der Waals surface area contributed by atoms with Crippen LogP contribution in [0.2, 0.25) is 0 Å². The van der Waals surface area contributed by atoms with Crippen molar-refractivity contribution in [3.8, 4) is 5.75 Å². The molecule has 0 aromatic heterocycles. The molecule has 0 bridgehead atoms. The van der Waals surface area contributed by atoms with Gasteiger partial charge in [0.25, 0.3) is 11.8 Å². The lowest BCUT2D eigenvalue weighted by molar-refractivity contribution is 0.0773. The third-order valence-corrected chi connectivity index (χ3v) is 5.10. The van der Waals surface area contributed by atoms with Gasteiger partial charge in [0, 0.05) is 41.7 Å². The molecule has 166 valence electrons. The molecule has 2 amide bonds. The van der Waals surface area contributed by atoms with E-state index < -0.39 is 0 Å². The summed E-state index contributed by atoms with van der Waals surface area (Å²) < 4.78 is 5.24. The van der Waals surface area contributed by atoms with E-state index in [9.17, 15) is 9.59 Å². The normalized spacial score (nSPS) is 10.3. The van der Waals surface area contributed by atoms with Crippen molar-refractivity contribution in [2.24, 2.45) is 0 Å². The van der Waals surface area contributed by atoms with Crippen LogP contribution in [0.25, 0.3) is 0 Å². The summed E-state index contributed by atoms with van der Waals surface area (Å²) in [4.78, 5) is 27.0. The quantitative estimate of drug-likeness (QED) is 0.446. The highest BCUT2D eigenvalue weighted by molar-refractivity contribution is 6.05. The minimum atomic E-state index is -0.276. The minimum Gasteiger partial charge on any atom is -0.497 e. The van der Waals surface area contributed by atoms with Gasteiger partial charge in [-0.25, -0.2) is 0 Å². The van der Waals surface area contributed by atoms with Gasteiger partial charge < -0.3 is 26.0 Å². The molecule has 0 radical (unpaired) electrons. The summed E-state index contributed by atoms with van der Waals surface area (Å²) in [5, 5.41) is 6.08. The number of carbonyl (C=O) groups is 2. The zero-order chi connectivity index (χ0) is 23.1. The largest absolute Gasteiger partial charge is 0.497 e. The Morgan fingerprint density at radius 2 is 1.59 bits per heavy atom. The summed E-state index contributed by atoms with van der Waals surface area (Å²) in [6.45, 7) is 5.19. The molecule has 0 saturated heterocycles. The number of hydrogen-bond acceptors (Lipinski definition) is 5. The first kappa shape index (κ1) is 22.7. The van der Waals surface area contributed by atoms with E-state index in [1.54, 1.807) is 54.5 Å². The zero-order valence-electron chi connectivity index (χ0n) is 18.5. The smallest absolute Gasteiger partial charge is 0.255 e. The highest BCUT2D eigenvalue weighted by atomic mass is 16.5. The molecule has 3 aromatic carbocycles. The third-order valence-electron chi connectivity index (χ3n) is 5.10. The van der Waals surface area contributed by atoms with E-state index in [0.717, 1.165) is 5.69 Å². The second-order valence-electron chi connectivity index (χ2n) is 7.17. The van der Waals surface area contributed by atoms with Gasteiger partial charge in [0.2, 0.25) is 0 Å². The standard InChI is InChI=1S/C25H28N4O3/c1-4-29(5-2)25(31)17-9-12-19(13-10-17)28-24(30)18-11-14-22(26)23(15-18)27-20-7-6-8-21(16-20)32-3/h6-16,27H,4-5,26H2,1-3H3,(H,28,30). The van der Waals surface area contributed by atoms with E-state index in [-0.39, 0.29) is 11.8 Å². The van der Waals surface area contributed by atoms with Crippen molar-refractivity contribution in [1.29, 1.82) is 0 Å². The van der Waals surface area contributed by atoms with Crippen molar-refractivity contribution in [3.63, 3.8) is 0 Å². The number of nitrogens with one attached hydrogen (secondary N) is 2. The Kier molecular flexibility index (Phi) is 7.33. The van der Waals surface area contributed by atoms with E-state index in [1.165, 1.54) is 0 Å². The number of hydrogen-bond donors (Lipinski definition) is 3. The molecule has 0 unspecified atom stereocenters. The van der Waals surface area contributed by atoms with Crippen LogP contribution in [-0.4, -0.2) is 36.9 Å². The first-order valence-corrected chi connectivity index (χ1v) is 10.5. The van der Waals surface area contributed by atoms with Crippen molar-refractivity contribution < 1.29 is 14.3 Å². The molecule has 3 aromatic rings. The van der Waals surface area contributed by atoms with E-state index >= 15 is 0 Å². The molecule has 0 heterocycles. The average Bonchev–Trinajstić information content (AvgIpc) is 2.81.